The average molecular weight is 472 g/mol. The van der Waals surface area contributed by atoms with E-state index < -0.39 is 11.9 Å². The molecular weight excluding hydrogens is 446 g/mol. The van der Waals surface area contributed by atoms with E-state index in [0.29, 0.717) is 33.6 Å². The predicted octanol–water partition coefficient (Wildman–Crippen LogP) is 4.88. The first-order valence-corrected chi connectivity index (χ1v) is 10.9. The van der Waals surface area contributed by atoms with Gasteiger partial charge in [-0.1, -0.05) is 12.1 Å². The number of carbonyl (C=O) groups excluding carboxylic acids is 2. The van der Waals surface area contributed by atoms with E-state index in [2.05, 4.69) is 5.32 Å². The SMILES string of the molecule is CCOC(=O)c1c(-c2ccc(OC)cc2)csc1NC(=O)c1cc(OC)c(OC)cc1OC. The first-order chi connectivity index (χ1) is 16.0. The van der Waals surface area contributed by atoms with Gasteiger partial charge in [-0.3, -0.25) is 4.79 Å². The van der Waals surface area contributed by atoms with E-state index in [4.69, 9.17) is 23.7 Å². The van der Waals surface area contributed by atoms with Gasteiger partial charge in [0.05, 0.1) is 40.6 Å². The van der Waals surface area contributed by atoms with Crippen molar-refractivity contribution in [2.45, 2.75) is 6.92 Å². The predicted molar refractivity (Wildman–Crippen MR) is 126 cm³/mol. The van der Waals surface area contributed by atoms with Crippen molar-refractivity contribution >= 4 is 28.2 Å². The number of rotatable bonds is 9. The number of thiophene rings is 1. The van der Waals surface area contributed by atoms with Crippen LogP contribution in [-0.4, -0.2) is 46.9 Å². The third-order valence-electron chi connectivity index (χ3n) is 4.85. The van der Waals surface area contributed by atoms with Gasteiger partial charge in [0.1, 0.15) is 22.1 Å². The highest BCUT2D eigenvalue weighted by molar-refractivity contribution is 7.15. The number of methoxy groups -OCH3 is 4. The van der Waals surface area contributed by atoms with Crippen LogP contribution >= 0.6 is 11.3 Å². The molecule has 0 unspecified atom stereocenters. The molecule has 9 heteroatoms. The smallest absolute Gasteiger partial charge is 0.341 e. The lowest BCUT2D eigenvalue weighted by atomic mass is 10.0. The standard InChI is InChI=1S/C24H25NO7S/c1-6-32-24(27)21-17(14-7-9-15(28-2)10-8-14)13-33-23(21)25-22(26)16-11-19(30-4)20(31-5)12-18(16)29-3/h7-13H,6H2,1-5H3,(H,25,26). The molecule has 0 aliphatic rings. The van der Waals surface area contributed by atoms with Crippen molar-refractivity contribution in [2.24, 2.45) is 0 Å². The van der Waals surface area contributed by atoms with Crippen LogP contribution < -0.4 is 24.3 Å². The highest BCUT2D eigenvalue weighted by Crippen LogP contribution is 2.39. The van der Waals surface area contributed by atoms with Crippen molar-refractivity contribution in [3.63, 3.8) is 0 Å². The summed E-state index contributed by atoms with van der Waals surface area (Å²) in [4.78, 5) is 26.0. The number of carbonyl (C=O) groups is 2. The monoisotopic (exact) mass is 471 g/mol. The summed E-state index contributed by atoms with van der Waals surface area (Å²) in [7, 11) is 6.01. The summed E-state index contributed by atoms with van der Waals surface area (Å²) in [5.74, 6) is 0.798. The molecule has 1 amide bonds. The van der Waals surface area contributed by atoms with Crippen LogP contribution in [0.25, 0.3) is 11.1 Å². The van der Waals surface area contributed by atoms with Gasteiger partial charge < -0.3 is 29.0 Å². The maximum absolute atomic E-state index is 13.2. The fourth-order valence-corrected chi connectivity index (χ4v) is 4.17. The van der Waals surface area contributed by atoms with Gasteiger partial charge in [0.25, 0.3) is 5.91 Å². The zero-order chi connectivity index (χ0) is 24.0. The van der Waals surface area contributed by atoms with Crippen LogP contribution in [0.15, 0.2) is 41.8 Å². The molecule has 3 rings (SSSR count). The molecule has 8 nitrogen and oxygen atoms in total. The van der Waals surface area contributed by atoms with Gasteiger partial charge in [0, 0.05) is 23.1 Å². The lowest BCUT2D eigenvalue weighted by molar-refractivity contribution is 0.0529. The van der Waals surface area contributed by atoms with Crippen LogP contribution in [0.4, 0.5) is 5.00 Å². The third kappa shape index (κ3) is 5.04. The number of hydrogen-bond acceptors (Lipinski definition) is 8. The molecular formula is C24H25NO7S. The zero-order valence-corrected chi connectivity index (χ0v) is 19.8. The Hall–Kier alpha value is -3.72. The normalized spacial score (nSPS) is 10.3. The van der Waals surface area contributed by atoms with E-state index in [-0.39, 0.29) is 17.7 Å². The first kappa shape index (κ1) is 23.9. The highest BCUT2D eigenvalue weighted by atomic mass is 32.1. The van der Waals surface area contributed by atoms with E-state index in [1.807, 2.05) is 12.1 Å². The van der Waals surface area contributed by atoms with Crippen molar-refractivity contribution in [2.75, 3.05) is 40.4 Å². The molecule has 0 spiro atoms. The van der Waals surface area contributed by atoms with Gasteiger partial charge in [-0.05, 0) is 24.6 Å². The Morgan fingerprint density at radius 2 is 1.52 bits per heavy atom. The fourth-order valence-electron chi connectivity index (χ4n) is 3.22. The van der Waals surface area contributed by atoms with E-state index >= 15 is 0 Å². The second-order valence-electron chi connectivity index (χ2n) is 6.66. The largest absolute Gasteiger partial charge is 0.497 e. The summed E-state index contributed by atoms with van der Waals surface area (Å²) in [6.07, 6.45) is 0. The molecule has 3 aromatic rings. The van der Waals surface area contributed by atoms with Gasteiger partial charge in [-0.25, -0.2) is 4.79 Å². The van der Waals surface area contributed by atoms with E-state index in [1.54, 1.807) is 37.6 Å². The molecule has 0 saturated heterocycles. The molecule has 0 aliphatic heterocycles. The molecule has 174 valence electrons. The summed E-state index contributed by atoms with van der Waals surface area (Å²) < 4.78 is 26.4. The number of amides is 1. The average Bonchev–Trinajstić information content (AvgIpc) is 3.26. The van der Waals surface area contributed by atoms with Crippen LogP contribution in [0, 0.1) is 0 Å². The summed E-state index contributed by atoms with van der Waals surface area (Å²) >= 11 is 1.23. The molecule has 0 atom stereocenters. The molecule has 33 heavy (non-hydrogen) atoms. The van der Waals surface area contributed by atoms with Crippen molar-refractivity contribution in [1.82, 2.24) is 0 Å². The maximum atomic E-state index is 13.2. The minimum absolute atomic E-state index is 0.202. The van der Waals surface area contributed by atoms with Crippen molar-refractivity contribution in [1.29, 1.82) is 0 Å². The number of ether oxygens (including phenoxy) is 5. The van der Waals surface area contributed by atoms with Crippen molar-refractivity contribution in [3.05, 3.63) is 52.9 Å². The number of esters is 1. The molecule has 1 aromatic heterocycles. The second kappa shape index (κ2) is 10.7. The van der Waals surface area contributed by atoms with Gasteiger partial charge in [0.2, 0.25) is 0 Å². The minimum Gasteiger partial charge on any atom is -0.497 e. The van der Waals surface area contributed by atoms with Crippen molar-refractivity contribution in [3.8, 4) is 34.1 Å². The van der Waals surface area contributed by atoms with Gasteiger partial charge >= 0.3 is 5.97 Å². The van der Waals surface area contributed by atoms with Crippen LogP contribution in [0.1, 0.15) is 27.6 Å². The van der Waals surface area contributed by atoms with Crippen molar-refractivity contribution < 1.29 is 33.3 Å². The molecule has 0 saturated carbocycles. The van der Waals surface area contributed by atoms with Crippen LogP contribution in [0.2, 0.25) is 0 Å². The molecule has 1 N–H and O–H groups in total. The zero-order valence-electron chi connectivity index (χ0n) is 19.0. The summed E-state index contributed by atoms with van der Waals surface area (Å²) in [5.41, 5.74) is 1.94. The van der Waals surface area contributed by atoms with Gasteiger partial charge in [-0.2, -0.15) is 0 Å². The van der Waals surface area contributed by atoms with Gasteiger partial charge in [0.15, 0.2) is 11.5 Å². The Morgan fingerprint density at radius 1 is 0.879 bits per heavy atom. The number of benzene rings is 2. The summed E-state index contributed by atoms with van der Waals surface area (Å²) in [5, 5.41) is 4.98. The van der Waals surface area contributed by atoms with Gasteiger partial charge in [-0.15, -0.1) is 11.3 Å². The Bertz CT molecular complexity index is 1140. The Kier molecular flexibility index (Phi) is 7.78. The number of anilines is 1. The fraction of sp³-hybridized carbons (Fsp3) is 0.250. The Balaban J connectivity index is 2.02. The van der Waals surface area contributed by atoms with Crippen LogP contribution in [0.5, 0.6) is 23.0 Å². The quantitative estimate of drug-likeness (QED) is 0.445. The summed E-state index contributed by atoms with van der Waals surface area (Å²) in [6.45, 7) is 1.93. The first-order valence-electron chi connectivity index (χ1n) is 10.0. The number of nitrogens with one attached hydrogen (secondary N) is 1. The second-order valence-corrected chi connectivity index (χ2v) is 7.54. The molecule has 1 heterocycles. The van der Waals surface area contributed by atoms with E-state index in [1.165, 1.54) is 38.7 Å². The molecule has 0 radical (unpaired) electrons. The molecule has 0 aliphatic carbocycles. The Morgan fingerprint density at radius 3 is 2.09 bits per heavy atom. The highest BCUT2D eigenvalue weighted by Gasteiger charge is 2.25. The van der Waals surface area contributed by atoms with E-state index in [0.717, 1.165) is 5.56 Å². The topological polar surface area (TPSA) is 92.3 Å². The molecule has 0 bridgehead atoms. The molecule has 2 aromatic carbocycles. The number of hydrogen-bond donors (Lipinski definition) is 1. The maximum Gasteiger partial charge on any atom is 0.341 e. The lowest BCUT2D eigenvalue weighted by Crippen LogP contribution is -2.16. The van der Waals surface area contributed by atoms with E-state index in [9.17, 15) is 9.59 Å². The Labute approximate surface area is 196 Å². The van der Waals surface area contributed by atoms with Crippen LogP contribution in [-0.2, 0) is 4.74 Å². The van der Waals surface area contributed by atoms with Crippen LogP contribution in [0.3, 0.4) is 0 Å². The molecule has 0 fully saturated rings. The summed E-state index contributed by atoms with van der Waals surface area (Å²) in [6, 6.07) is 10.4. The lowest BCUT2D eigenvalue weighted by Gasteiger charge is -2.14. The minimum atomic E-state index is -0.529. The third-order valence-corrected chi connectivity index (χ3v) is 5.74.